The zero-order valence-corrected chi connectivity index (χ0v) is 11.2. The molecule has 0 bridgehead atoms. The number of carbonyl (C=O) groups is 1. The average molecular weight is 328 g/mol. The third-order valence-corrected chi connectivity index (χ3v) is 2.47. The maximum atomic E-state index is 11.5. The van der Waals surface area contributed by atoms with Gasteiger partial charge in [-0.2, -0.15) is 0 Å². The molecule has 1 amide bonds. The van der Waals surface area contributed by atoms with E-state index in [0.29, 0.717) is 0 Å². The average Bonchev–Trinajstić information content (AvgIpc) is 2.49. The van der Waals surface area contributed by atoms with E-state index in [4.69, 9.17) is 30.1 Å². The summed E-state index contributed by atoms with van der Waals surface area (Å²) in [5.41, 5.74) is -2.10. The number of benzene rings is 1. The first kappa shape index (κ1) is 10.3. The van der Waals surface area contributed by atoms with Crippen molar-refractivity contribution in [2.75, 3.05) is 6.61 Å². The lowest BCUT2D eigenvalue weighted by Crippen LogP contribution is -2.44. The van der Waals surface area contributed by atoms with Crippen molar-refractivity contribution in [3.05, 3.63) is 39.8 Å². The number of nitro groups is 1. The topological polar surface area (TPSA) is 113 Å². The van der Waals surface area contributed by atoms with E-state index < -0.39 is 69.8 Å². The third-order valence-electron chi connectivity index (χ3n) is 2.08. The SMILES string of the molecule is [2H]c1c([2H])c([C@@]([2H])(O)[C@@H](CO)NC(=O)C(Cl)Cl)c([2H])c([2H])c1[N+](=O)[O-]. The van der Waals surface area contributed by atoms with Crippen LogP contribution in [0.25, 0.3) is 0 Å². The molecule has 20 heavy (non-hydrogen) atoms. The summed E-state index contributed by atoms with van der Waals surface area (Å²) >= 11 is 10.6. The Kier molecular flexibility index (Phi) is 3.82. The summed E-state index contributed by atoms with van der Waals surface area (Å²) in [6.45, 7) is -1.05. The number of nitrogens with one attached hydrogen (secondary N) is 1. The Balaban J connectivity index is 3.57. The monoisotopic (exact) mass is 327 g/mol. The first-order valence-electron chi connectivity index (χ1n) is 7.54. The molecule has 1 rings (SSSR count). The summed E-state index contributed by atoms with van der Waals surface area (Å²) in [5.74, 6) is -1.09. The van der Waals surface area contributed by atoms with E-state index >= 15 is 0 Å². The smallest absolute Gasteiger partial charge is 0.269 e. The summed E-state index contributed by atoms with van der Waals surface area (Å²) in [5, 5.41) is 32.5. The Labute approximate surface area is 131 Å². The van der Waals surface area contributed by atoms with Crippen molar-refractivity contribution in [3.8, 4) is 0 Å². The highest BCUT2D eigenvalue weighted by molar-refractivity contribution is 6.53. The fourth-order valence-corrected chi connectivity index (χ4v) is 1.26. The molecule has 1 aromatic rings. The number of halogens is 2. The van der Waals surface area contributed by atoms with Crippen molar-refractivity contribution < 1.29 is 26.8 Å². The summed E-state index contributed by atoms with van der Waals surface area (Å²) < 4.78 is 38.5. The molecule has 7 nitrogen and oxygen atoms in total. The Morgan fingerprint density at radius 3 is 2.45 bits per heavy atom. The fraction of sp³-hybridized carbons (Fsp3) is 0.364. The van der Waals surface area contributed by atoms with Crippen LogP contribution < -0.4 is 5.32 Å². The molecule has 110 valence electrons. The molecule has 0 unspecified atom stereocenters. The number of aliphatic hydroxyl groups is 2. The highest BCUT2D eigenvalue weighted by atomic mass is 35.5. The number of amides is 1. The van der Waals surface area contributed by atoms with Crippen LogP contribution >= 0.6 is 23.2 Å². The molecule has 9 heteroatoms. The number of aliphatic hydroxyl groups excluding tert-OH is 1. The van der Waals surface area contributed by atoms with Gasteiger partial charge in [0.2, 0.25) is 0 Å². The maximum Gasteiger partial charge on any atom is 0.269 e. The molecule has 2 atom stereocenters. The normalized spacial score (nSPS) is 18.9. The van der Waals surface area contributed by atoms with Crippen LogP contribution in [0, 0.1) is 10.1 Å². The third kappa shape index (κ3) is 4.31. The van der Waals surface area contributed by atoms with Crippen molar-refractivity contribution in [3.63, 3.8) is 0 Å². The minimum absolute atomic E-state index is 0.965. The highest BCUT2D eigenvalue weighted by Gasteiger charge is 2.24. The minimum atomic E-state index is -3.07. The van der Waals surface area contributed by atoms with E-state index in [9.17, 15) is 25.1 Å². The summed E-state index contributed by atoms with van der Waals surface area (Å²) in [4.78, 5) is 19.6. The molecule has 0 saturated heterocycles. The first-order chi connectivity index (χ1) is 11.4. The van der Waals surface area contributed by atoms with Crippen LogP contribution in [0.3, 0.4) is 0 Å². The zero-order valence-electron chi connectivity index (χ0n) is 14.7. The van der Waals surface area contributed by atoms with Gasteiger partial charge in [0, 0.05) is 12.1 Å². The van der Waals surface area contributed by atoms with E-state index in [1.165, 1.54) is 0 Å². The van der Waals surface area contributed by atoms with Crippen molar-refractivity contribution in [1.29, 1.82) is 0 Å². The van der Waals surface area contributed by atoms with Gasteiger partial charge >= 0.3 is 0 Å². The first-order valence-corrected chi connectivity index (χ1v) is 5.92. The Hall–Kier alpha value is -1.41. The molecule has 0 aliphatic rings. The van der Waals surface area contributed by atoms with E-state index in [2.05, 4.69) is 0 Å². The molecule has 3 N–H and O–H groups in total. The largest absolute Gasteiger partial charge is 0.394 e. The molecule has 0 spiro atoms. The quantitative estimate of drug-likeness (QED) is 0.408. The van der Waals surface area contributed by atoms with Crippen LogP contribution in [0.2, 0.25) is 0 Å². The maximum absolute atomic E-state index is 11.5. The number of nitrogens with zero attached hydrogens (tertiary/aromatic N) is 1. The molecule has 0 fully saturated rings. The van der Waals surface area contributed by atoms with E-state index in [1.54, 1.807) is 0 Å². The van der Waals surface area contributed by atoms with Gasteiger partial charge in [-0.25, -0.2) is 0 Å². The molecule has 0 radical (unpaired) electrons. The van der Waals surface area contributed by atoms with Gasteiger partial charge in [-0.1, -0.05) is 23.2 Å². The molecule has 0 aliphatic heterocycles. The number of rotatable bonds is 6. The highest BCUT2D eigenvalue weighted by Crippen LogP contribution is 2.20. The number of hydrogen-bond donors (Lipinski definition) is 3. The second-order valence-corrected chi connectivity index (χ2v) is 4.51. The predicted molar refractivity (Wildman–Crippen MR) is 72.6 cm³/mol. The van der Waals surface area contributed by atoms with E-state index in [1.807, 2.05) is 5.32 Å². The van der Waals surface area contributed by atoms with Crippen molar-refractivity contribution in [2.45, 2.75) is 17.0 Å². The Bertz CT molecular complexity index is 690. The van der Waals surface area contributed by atoms with E-state index in [0.717, 1.165) is 0 Å². The van der Waals surface area contributed by atoms with Crippen LogP contribution in [-0.4, -0.2) is 38.5 Å². The summed E-state index contributed by atoms with van der Waals surface area (Å²) in [6, 6.07) is -6.16. The standard InChI is InChI=1S/C11H12Cl2N2O5/c12-10(13)11(18)14-8(5-16)9(17)6-1-3-7(4-2-6)15(19)20/h1-4,8-10,16-17H,5H2,(H,14,18)/t8-,9-/m1/s1/i1D,2D,3D,4D,9D. The predicted octanol–water partition coefficient (Wildman–Crippen LogP) is 0.909. The van der Waals surface area contributed by atoms with Gasteiger partial charge in [0.05, 0.1) is 24.4 Å². The lowest BCUT2D eigenvalue weighted by molar-refractivity contribution is -0.384. The Morgan fingerprint density at radius 1 is 1.50 bits per heavy atom. The molecule has 0 saturated carbocycles. The number of carbonyl (C=O) groups excluding carboxylic acids is 1. The van der Waals surface area contributed by atoms with Gasteiger partial charge in [-0.3, -0.25) is 14.9 Å². The van der Waals surface area contributed by atoms with Gasteiger partial charge in [-0.05, 0) is 17.6 Å². The molecule has 1 aromatic carbocycles. The van der Waals surface area contributed by atoms with Crippen molar-refractivity contribution in [1.82, 2.24) is 5.32 Å². The lowest BCUT2D eigenvalue weighted by atomic mass is 10.0. The van der Waals surface area contributed by atoms with Gasteiger partial charge in [-0.15, -0.1) is 0 Å². The second kappa shape index (κ2) is 7.39. The van der Waals surface area contributed by atoms with Gasteiger partial charge in [0.25, 0.3) is 11.6 Å². The van der Waals surface area contributed by atoms with Crippen LogP contribution in [0.5, 0.6) is 0 Å². The van der Waals surface area contributed by atoms with Gasteiger partial charge in [0.1, 0.15) is 6.08 Å². The molecule has 0 aromatic heterocycles. The molecular weight excluding hydrogens is 311 g/mol. The zero-order chi connectivity index (χ0) is 19.7. The van der Waals surface area contributed by atoms with Crippen LogP contribution in [0.15, 0.2) is 24.2 Å². The van der Waals surface area contributed by atoms with Gasteiger partial charge < -0.3 is 15.5 Å². The summed E-state index contributed by atoms with van der Waals surface area (Å²) in [7, 11) is 0. The molecule has 0 aliphatic carbocycles. The number of hydrogen-bond acceptors (Lipinski definition) is 5. The van der Waals surface area contributed by atoms with Crippen molar-refractivity contribution >= 4 is 34.8 Å². The van der Waals surface area contributed by atoms with Crippen LogP contribution in [-0.2, 0) is 4.79 Å². The van der Waals surface area contributed by atoms with Gasteiger partial charge in [0.15, 0.2) is 4.84 Å². The van der Waals surface area contributed by atoms with Crippen molar-refractivity contribution in [2.24, 2.45) is 0 Å². The number of alkyl halides is 2. The molecule has 0 heterocycles. The summed E-state index contributed by atoms with van der Waals surface area (Å²) in [6.07, 6.45) is -3.07. The van der Waals surface area contributed by atoms with E-state index in [-0.39, 0.29) is 0 Å². The lowest BCUT2D eigenvalue weighted by Gasteiger charge is -2.22. The van der Waals surface area contributed by atoms with Crippen LogP contribution in [0.4, 0.5) is 5.69 Å². The Morgan fingerprint density at radius 2 is 2.05 bits per heavy atom. The number of nitro benzene ring substituents is 1. The second-order valence-electron chi connectivity index (χ2n) is 3.41. The minimum Gasteiger partial charge on any atom is -0.394 e. The molecular formula is C11H12Cl2N2O5. The van der Waals surface area contributed by atoms with Crippen LogP contribution in [0.1, 0.15) is 18.5 Å². The fourth-order valence-electron chi connectivity index (χ4n) is 1.13.